The van der Waals surface area contributed by atoms with Crippen LogP contribution in [0.5, 0.6) is 0 Å². The van der Waals surface area contributed by atoms with Crippen LogP contribution >= 0.6 is 0 Å². The summed E-state index contributed by atoms with van der Waals surface area (Å²) in [4.78, 5) is 0. The maximum atomic E-state index is 0. The maximum Gasteiger partial charge on any atom is 5.00 e. The van der Waals surface area contributed by atoms with Crippen LogP contribution in [0.15, 0.2) is 0 Å². The first kappa shape index (κ1) is 116. The van der Waals surface area contributed by atoms with Crippen LogP contribution in [0.3, 0.4) is 0 Å². The van der Waals surface area contributed by atoms with Crippen molar-refractivity contribution < 1.29 is 156 Å². The Morgan fingerprint density at radius 2 is 0.333 bits per heavy atom. The largest absolute Gasteiger partial charge is 5.00 e. The molecule has 0 fully saturated rings. The molecule has 0 aliphatic rings. The molecule has 48 valence electrons. The molecule has 0 bridgehead atoms. The second-order valence-corrected chi connectivity index (χ2v) is 0. The summed E-state index contributed by atoms with van der Waals surface area (Å²) >= 11 is 0. The van der Waals surface area contributed by atoms with Gasteiger partial charge in [-0.05, 0) is 0 Å². The zero-order valence-corrected chi connectivity index (χ0v) is 14.6. The third-order valence-electron chi connectivity index (χ3n) is 0. The van der Waals surface area contributed by atoms with Gasteiger partial charge in [0.15, 0.2) is 0 Å². The zero-order valence-electron chi connectivity index (χ0n) is 3.94. The summed E-state index contributed by atoms with van der Waals surface area (Å²) in [5.41, 5.74) is 0. The van der Waals surface area contributed by atoms with Gasteiger partial charge in [0.05, 0.1) is 0 Å². The zero-order chi connectivity index (χ0) is 0. The van der Waals surface area contributed by atoms with Crippen molar-refractivity contribution in [2.75, 3.05) is 0 Å². The van der Waals surface area contributed by atoms with E-state index in [1.165, 1.54) is 0 Å². The molecule has 0 aliphatic carbocycles. The number of hydrogen-bond donors (Lipinski definition) is 0. The van der Waals surface area contributed by atoms with Gasteiger partial charge in [-0.2, -0.15) is 0 Å². The number of rotatable bonds is 0. The minimum atomic E-state index is 0. The minimum Gasteiger partial charge on any atom is -2.00 e. The first-order chi connectivity index (χ1) is 0. The van der Waals surface area contributed by atoms with Crippen molar-refractivity contribution in [2.45, 2.75) is 0 Å². The normalized spacial score (nSPS) is 0. The summed E-state index contributed by atoms with van der Waals surface area (Å²) in [6.07, 6.45) is 0. The summed E-state index contributed by atoms with van der Waals surface area (Å²) in [6, 6.07) is 0. The Bertz CT molecular complexity index is 12.9. The van der Waals surface area contributed by atoms with Gasteiger partial charge in [0.2, 0.25) is 0 Å². The van der Waals surface area contributed by atoms with Crippen LogP contribution in [0.25, 0.3) is 0 Å². The van der Waals surface area contributed by atoms with Gasteiger partial charge in [0.1, 0.15) is 0 Å². The van der Waals surface area contributed by atoms with Crippen molar-refractivity contribution in [3.05, 3.63) is 0 Å². The van der Waals surface area contributed by atoms with Gasteiger partial charge >= 0.3 is 44.8 Å². The molecule has 0 atom stereocenters. The second kappa shape index (κ2) is 90.0. The van der Waals surface area contributed by atoms with E-state index in [9.17, 15) is 0 Å². The van der Waals surface area contributed by atoms with Gasteiger partial charge in [-0.3, -0.25) is 0 Å². The van der Waals surface area contributed by atoms with E-state index in [1.54, 1.807) is 0 Å². The van der Waals surface area contributed by atoms with E-state index < -0.39 is 0 Å². The van der Waals surface area contributed by atoms with E-state index in [1.807, 2.05) is 0 Å². The van der Waals surface area contributed by atoms with Crippen LogP contribution in [0.2, 0.25) is 0 Å². The molecular weight excluding hydrogens is 546 g/mol. The van der Waals surface area contributed by atoms with E-state index in [-0.39, 0.29) is 156 Å². The molecule has 0 aromatic rings. The van der Waals surface area contributed by atoms with Crippen LogP contribution in [0, 0.1) is 83.5 Å². The van der Waals surface area contributed by atoms with Gasteiger partial charge in [0, 0.05) is 83.5 Å². The molecule has 9 heavy (non-hydrogen) atoms. The Morgan fingerprint density at radius 1 is 0.333 bits per heavy atom. The van der Waals surface area contributed by atoms with Gasteiger partial charge in [0.25, 0.3) is 0 Å². The topological polar surface area (TPSA) is 142 Å². The summed E-state index contributed by atoms with van der Waals surface area (Å²) in [6.45, 7) is 0. The van der Waals surface area contributed by atoms with Crippen molar-refractivity contribution in [1.29, 1.82) is 0 Å². The molecule has 0 heterocycles. The van der Waals surface area contributed by atoms with Gasteiger partial charge in [-0.1, -0.05) is 0 Å². The van der Waals surface area contributed by atoms with Gasteiger partial charge in [-0.25, -0.2) is 0 Å². The van der Waals surface area contributed by atoms with Crippen molar-refractivity contribution in [3.63, 3.8) is 0 Å². The molecule has 0 aliphatic heterocycles. The van der Waals surface area contributed by atoms with E-state index in [2.05, 4.69) is 0 Å². The van der Waals surface area contributed by atoms with Gasteiger partial charge < -0.3 is 27.4 Å². The average Bonchev–Trinajstić information content (AvgIpc) is 0. The molecule has 9 heteroatoms. The second-order valence-electron chi connectivity index (χ2n) is 0. The van der Waals surface area contributed by atoms with E-state index in [0.717, 1.165) is 0 Å². The molecule has 0 saturated carbocycles. The van der Waals surface area contributed by atoms with Crippen LogP contribution in [-0.4, -0.2) is 0 Å². The Kier molecular flexibility index (Phi) is 1160. The predicted octanol–water partition coefficient (Wildman–Crippen LogP) is -0.599. The quantitative estimate of drug-likeness (QED) is 0.358. The maximum absolute atomic E-state index is 0. The van der Waals surface area contributed by atoms with Crippen molar-refractivity contribution in [1.82, 2.24) is 0 Å². The third kappa shape index (κ3) is 74.5. The smallest absolute Gasteiger partial charge is 2.00 e. The molecule has 0 spiro atoms. The molecule has 0 aromatic heterocycles. The fourth-order valence-electron chi connectivity index (χ4n) is 0. The third-order valence-corrected chi connectivity index (χ3v) is 0. The standard InChI is InChI=1S/2Ce.2Nb.5O/q;;2*+5;5*-2. The number of hydrogen-bond acceptors (Lipinski definition) is 0. The van der Waals surface area contributed by atoms with Gasteiger partial charge in [-0.15, -0.1) is 0 Å². The Hall–Kier alpha value is 4.03. The molecule has 0 radical (unpaired) electrons. The average molecular weight is 546 g/mol. The van der Waals surface area contributed by atoms with Crippen LogP contribution in [0.4, 0.5) is 0 Å². The first-order valence-electron chi connectivity index (χ1n) is 0. The monoisotopic (exact) mass is 546 g/mol. The van der Waals surface area contributed by atoms with Crippen molar-refractivity contribution in [3.8, 4) is 0 Å². The molecule has 0 rings (SSSR count). The summed E-state index contributed by atoms with van der Waals surface area (Å²) < 4.78 is 0. The first-order valence-corrected chi connectivity index (χ1v) is 0. The molecule has 0 amide bonds. The molecule has 5 nitrogen and oxygen atoms in total. The minimum absolute atomic E-state index is 0. The van der Waals surface area contributed by atoms with Crippen molar-refractivity contribution >= 4 is 0 Å². The summed E-state index contributed by atoms with van der Waals surface area (Å²) in [5.74, 6) is 0. The molecule has 0 unspecified atom stereocenters. The Balaban J connectivity index is 0. The van der Waals surface area contributed by atoms with Crippen LogP contribution in [-0.2, 0) is 72.1 Å². The molecule has 0 saturated heterocycles. The summed E-state index contributed by atoms with van der Waals surface area (Å²) in [7, 11) is 0. The molecule has 0 aromatic carbocycles. The van der Waals surface area contributed by atoms with E-state index in [4.69, 9.17) is 0 Å². The van der Waals surface area contributed by atoms with Crippen molar-refractivity contribution in [2.24, 2.45) is 0 Å². The Labute approximate surface area is 152 Å². The van der Waals surface area contributed by atoms with E-state index in [0.29, 0.717) is 0 Å². The van der Waals surface area contributed by atoms with E-state index >= 15 is 0 Å². The molecular formula is Ce2Nb2O5. The fourth-order valence-corrected chi connectivity index (χ4v) is 0. The Morgan fingerprint density at radius 3 is 0.333 bits per heavy atom. The van der Waals surface area contributed by atoms with Crippen LogP contribution < -0.4 is 0 Å². The fraction of sp³-hybridized carbons (Fsp3) is 0. The SMILES string of the molecule is [Ce].[Ce].[Nb+5].[Nb+5].[O-2].[O-2].[O-2].[O-2].[O-2]. The summed E-state index contributed by atoms with van der Waals surface area (Å²) in [5, 5.41) is 0. The predicted molar refractivity (Wildman–Crippen MR) is 3.43 cm³/mol. The molecule has 0 N–H and O–H groups in total. The van der Waals surface area contributed by atoms with Crippen LogP contribution in [0.1, 0.15) is 0 Å².